The third-order valence-electron chi connectivity index (χ3n) is 4.54. The van der Waals surface area contributed by atoms with Gasteiger partial charge in [-0.15, -0.1) is 0 Å². The molecule has 0 fully saturated rings. The maximum absolute atomic E-state index is 13.1. The van der Waals surface area contributed by atoms with Crippen LogP contribution in [0.2, 0.25) is 0 Å². The van der Waals surface area contributed by atoms with Gasteiger partial charge in [0.25, 0.3) is 0 Å². The van der Waals surface area contributed by atoms with Crippen LogP contribution in [0.1, 0.15) is 35.1 Å². The molecule has 0 radical (unpaired) electrons. The highest BCUT2D eigenvalue weighted by Gasteiger charge is 2.42. The fraction of sp³-hybridized carbons (Fsp3) is 0.300. The number of Topliss-reactive ketones (excluding diaryl/α,β-unsaturated/α-hetero) is 1. The van der Waals surface area contributed by atoms with Gasteiger partial charge in [-0.2, -0.15) is 13.2 Å². The van der Waals surface area contributed by atoms with Gasteiger partial charge in [-0.3, -0.25) is 9.59 Å². The molecule has 2 aromatic carbocycles. The number of ketones is 1. The van der Waals surface area contributed by atoms with Gasteiger partial charge < -0.3 is 4.90 Å². The highest BCUT2D eigenvalue weighted by Crippen LogP contribution is 2.44. The van der Waals surface area contributed by atoms with E-state index in [4.69, 9.17) is 0 Å². The summed E-state index contributed by atoms with van der Waals surface area (Å²) in [7, 11) is 0. The highest BCUT2D eigenvalue weighted by atomic mass is 19.4. The van der Waals surface area contributed by atoms with E-state index in [0.717, 1.165) is 11.6 Å². The molecule has 1 unspecified atom stereocenters. The lowest BCUT2D eigenvalue weighted by Crippen LogP contribution is -2.41. The van der Waals surface area contributed by atoms with Crippen molar-refractivity contribution >= 4 is 11.7 Å². The van der Waals surface area contributed by atoms with E-state index >= 15 is 0 Å². The predicted octanol–water partition coefficient (Wildman–Crippen LogP) is 3.96. The van der Waals surface area contributed by atoms with Crippen LogP contribution < -0.4 is 0 Å². The van der Waals surface area contributed by atoms with Crippen molar-refractivity contribution in [1.29, 1.82) is 0 Å². The van der Waals surface area contributed by atoms with Gasteiger partial charge in [-0.05, 0) is 36.1 Å². The van der Waals surface area contributed by atoms with E-state index in [1.54, 1.807) is 6.07 Å². The van der Waals surface area contributed by atoms with E-state index in [0.29, 0.717) is 5.56 Å². The molecule has 3 nitrogen and oxygen atoms in total. The summed E-state index contributed by atoms with van der Waals surface area (Å²) in [6, 6.07) is 13.1. The summed E-state index contributed by atoms with van der Waals surface area (Å²) in [5, 5.41) is 0. The Kier molecular flexibility index (Phi) is 4.85. The molecular formula is C20H18F3NO2. The van der Waals surface area contributed by atoms with Crippen LogP contribution in [0, 0.1) is 0 Å². The van der Waals surface area contributed by atoms with E-state index in [9.17, 15) is 22.8 Å². The molecule has 0 bridgehead atoms. The Morgan fingerprint density at radius 2 is 1.77 bits per heavy atom. The number of hydrogen-bond donors (Lipinski definition) is 0. The van der Waals surface area contributed by atoms with Crippen LogP contribution >= 0.6 is 0 Å². The zero-order valence-corrected chi connectivity index (χ0v) is 14.2. The molecule has 6 heteroatoms. The van der Waals surface area contributed by atoms with Crippen molar-refractivity contribution in [1.82, 2.24) is 4.90 Å². The molecular weight excluding hydrogens is 343 g/mol. The summed E-state index contributed by atoms with van der Waals surface area (Å²) in [6.45, 7) is 1.59. The molecule has 136 valence electrons. The first-order chi connectivity index (χ1) is 12.3. The SMILES string of the molecule is CC(=O)CN(Cc1ccccc1)C(=O)C1Cc2c1cccc2C(F)(F)F. The van der Waals surface area contributed by atoms with Crippen molar-refractivity contribution < 1.29 is 22.8 Å². The number of benzene rings is 2. The normalized spacial score (nSPS) is 15.8. The maximum Gasteiger partial charge on any atom is 0.416 e. The quantitative estimate of drug-likeness (QED) is 0.808. The van der Waals surface area contributed by atoms with E-state index in [1.807, 2.05) is 30.3 Å². The highest BCUT2D eigenvalue weighted by molar-refractivity contribution is 5.90. The van der Waals surface area contributed by atoms with E-state index in [-0.39, 0.29) is 36.8 Å². The fourth-order valence-electron chi connectivity index (χ4n) is 3.33. The van der Waals surface area contributed by atoms with E-state index < -0.39 is 17.7 Å². The molecule has 0 spiro atoms. The summed E-state index contributed by atoms with van der Waals surface area (Å²) < 4.78 is 39.2. The number of alkyl halides is 3. The van der Waals surface area contributed by atoms with Crippen molar-refractivity contribution in [2.75, 3.05) is 6.54 Å². The van der Waals surface area contributed by atoms with Crippen LogP contribution in [0.25, 0.3) is 0 Å². The Labute approximate surface area is 149 Å². The minimum absolute atomic E-state index is 0.0487. The largest absolute Gasteiger partial charge is 0.416 e. The molecule has 0 aromatic heterocycles. The van der Waals surface area contributed by atoms with Crippen molar-refractivity contribution in [3.63, 3.8) is 0 Å². The summed E-state index contributed by atoms with van der Waals surface area (Å²) in [4.78, 5) is 25.9. The number of rotatable bonds is 5. The minimum Gasteiger partial charge on any atom is -0.331 e. The van der Waals surface area contributed by atoms with Gasteiger partial charge in [0, 0.05) is 6.54 Å². The second-order valence-electron chi connectivity index (χ2n) is 6.51. The minimum atomic E-state index is -4.43. The first kappa shape index (κ1) is 18.2. The number of fused-ring (bicyclic) bond motifs is 1. The zero-order chi connectivity index (χ0) is 18.9. The third-order valence-corrected chi connectivity index (χ3v) is 4.54. The van der Waals surface area contributed by atoms with Crippen LogP contribution in [0.3, 0.4) is 0 Å². The molecule has 1 aliphatic rings. The van der Waals surface area contributed by atoms with Gasteiger partial charge in [0.1, 0.15) is 5.78 Å². The fourth-order valence-corrected chi connectivity index (χ4v) is 3.33. The van der Waals surface area contributed by atoms with Crippen molar-refractivity contribution in [3.8, 4) is 0 Å². The molecule has 26 heavy (non-hydrogen) atoms. The lowest BCUT2D eigenvalue weighted by Gasteiger charge is -2.35. The summed E-state index contributed by atoms with van der Waals surface area (Å²) in [5.41, 5.74) is 0.776. The lowest BCUT2D eigenvalue weighted by atomic mass is 9.74. The van der Waals surface area contributed by atoms with Crippen LogP contribution in [0.15, 0.2) is 48.5 Å². The molecule has 0 saturated carbocycles. The Hall–Kier alpha value is -2.63. The molecule has 0 saturated heterocycles. The Bertz CT molecular complexity index is 831. The number of carbonyl (C=O) groups excluding carboxylic acids is 2. The molecule has 0 aliphatic heterocycles. The summed E-state index contributed by atoms with van der Waals surface area (Å²) in [5.74, 6) is -1.11. The van der Waals surface area contributed by atoms with Gasteiger partial charge in [-0.25, -0.2) is 0 Å². The molecule has 1 aliphatic carbocycles. The van der Waals surface area contributed by atoms with Crippen LogP contribution in [0.4, 0.5) is 13.2 Å². The average molecular weight is 361 g/mol. The Morgan fingerprint density at radius 1 is 1.08 bits per heavy atom. The summed E-state index contributed by atoms with van der Waals surface area (Å²) in [6.07, 6.45) is -4.38. The number of amides is 1. The molecule has 0 N–H and O–H groups in total. The number of hydrogen-bond acceptors (Lipinski definition) is 2. The van der Waals surface area contributed by atoms with Gasteiger partial charge in [0.05, 0.1) is 18.0 Å². The Morgan fingerprint density at radius 3 is 2.38 bits per heavy atom. The van der Waals surface area contributed by atoms with Crippen LogP contribution in [-0.2, 0) is 28.7 Å². The van der Waals surface area contributed by atoms with Gasteiger partial charge in [-0.1, -0.05) is 42.5 Å². The van der Waals surface area contributed by atoms with E-state index in [1.165, 1.54) is 17.9 Å². The Balaban J connectivity index is 1.84. The number of halogens is 3. The van der Waals surface area contributed by atoms with E-state index in [2.05, 4.69) is 0 Å². The zero-order valence-electron chi connectivity index (χ0n) is 14.2. The van der Waals surface area contributed by atoms with Gasteiger partial charge in [0.2, 0.25) is 5.91 Å². The van der Waals surface area contributed by atoms with Crippen molar-refractivity contribution in [2.24, 2.45) is 0 Å². The standard InChI is InChI=1S/C20H18F3NO2/c1-13(25)11-24(12-14-6-3-2-4-7-14)19(26)17-10-16-15(17)8-5-9-18(16)20(21,22)23/h2-9,17H,10-12H2,1H3. The first-order valence-electron chi connectivity index (χ1n) is 8.28. The second-order valence-corrected chi connectivity index (χ2v) is 6.51. The maximum atomic E-state index is 13.1. The predicted molar refractivity (Wildman–Crippen MR) is 90.4 cm³/mol. The van der Waals surface area contributed by atoms with Gasteiger partial charge in [0.15, 0.2) is 0 Å². The molecule has 1 atom stereocenters. The van der Waals surface area contributed by atoms with Crippen LogP contribution in [-0.4, -0.2) is 23.1 Å². The monoisotopic (exact) mass is 361 g/mol. The molecule has 3 rings (SSSR count). The van der Waals surface area contributed by atoms with Gasteiger partial charge >= 0.3 is 6.18 Å². The number of nitrogens with zero attached hydrogens (tertiary/aromatic N) is 1. The molecule has 0 heterocycles. The molecule has 1 amide bonds. The average Bonchev–Trinajstić information content (AvgIpc) is 2.54. The first-order valence-corrected chi connectivity index (χ1v) is 8.28. The lowest BCUT2D eigenvalue weighted by molar-refractivity contribution is -0.141. The molecule has 2 aromatic rings. The number of carbonyl (C=O) groups is 2. The van der Waals surface area contributed by atoms with Crippen LogP contribution in [0.5, 0.6) is 0 Å². The third kappa shape index (κ3) is 3.64. The topological polar surface area (TPSA) is 37.4 Å². The summed E-state index contributed by atoms with van der Waals surface area (Å²) >= 11 is 0. The smallest absolute Gasteiger partial charge is 0.331 e. The second kappa shape index (κ2) is 6.94. The van der Waals surface area contributed by atoms with Crippen molar-refractivity contribution in [3.05, 3.63) is 70.8 Å². The van der Waals surface area contributed by atoms with Crippen molar-refractivity contribution in [2.45, 2.75) is 32.0 Å².